The van der Waals surface area contributed by atoms with E-state index in [0.29, 0.717) is 21.5 Å². The number of hydrogen-bond donors (Lipinski definition) is 1. The lowest BCUT2D eigenvalue weighted by molar-refractivity contribution is -0.143. The zero-order chi connectivity index (χ0) is 16.5. The summed E-state index contributed by atoms with van der Waals surface area (Å²) < 4.78 is 43.7. The molecule has 0 unspecified atom stereocenters. The van der Waals surface area contributed by atoms with Crippen LogP contribution in [0.1, 0.15) is 16.2 Å². The Morgan fingerprint density at radius 3 is 2.59 bits per heavy atom. The zero-order valence-electron chi connectivity index (χ0n) is 11.5. The first-order valence-corrected chi connectivity index (χ1v) is 6.36. The average Bonchev–Trinajstić information content (AvgIpc) is 2.81. The number of alkyl halides is 3. The number of aryl methyl sites for hydroxylation is 1. The molecule has 118 valence electrons. The third-order valence-electron chi connectivity index (χ3n) is 2.81. The lowest BCUT2D eigenvalue weighted by atomic mass is 10.2. The summed E-state index contributed by atoms with van der Waals surface area (Å²) in [4.78, 5) is 12.0. The molecule has 0 radical (unpaired) electrons. The van der Waals surface area contributed by atoms with Gasteiger partial charge in [-0.05, 0) is 18.2 Å². The highest BCUT2D eigenvalue weighted by Gasteiger charge is 2.35. The fourth-order valence-electron chi connectivity index (χ4n) is 1.81. The van der Waals surface area contributed by atoms with Gasteiger partial charge in [-0.1, -0.05) is 11.6 Å². The molecule has 0 aliphatic carbocycles. The quantitative estimate of drug-likeness (QED) is 0.937. The van der Waals surface area contributed by atoms with Crippen LogP contribution in [0.2, 0.25) is 5.02 Å². The highest BCUT2D eigenvalue weighted by atomic mass is 35.5. The minimum atomic E-state index is -4.59. The first-order chi connectivity index (χ1) is 10.2. The Kier molecular flexibility index (Phi) is 4.32. The molecule has 0 fully saturated rings. The van der Waals surface area contributed by atoms with Gasteiger partial charge in [0.05, 0.1) is 12.8 Å². The van der Waals surface area contributed by atoms with Crippen molar-refractivity contribution in [3.63, 3.8) is 0 Å². The van der Waals surface area contributed by atoms with E-state index in [-0.39, 0.29) is 11.4 Å². The molecule has 0 aliphatic heterocycles. The molecule has 0 bridgehead atoms. The monoisotopic (exact) mass is 333 g/mol. The smallest absolute Gasteiger partial charge is 0.433 e. The number of nitrogens with one attached hydrogen (secondary N) is 1. The van der Waals surface area contributed by atoms with E-state index < -0.39 is 17.8 Å². The lowest BCUT2D eigenvalue weighted by Gasteiger charge is -2.09. The van der Waals surface area contributed by atoms with Crippen LogP contribution in [-0.4, -0.2) is 22.8 Å². The summed E-state index contributed by atoms with van der Waals surface area (Å²) >= 11 is 5.82. The summed E-state index contributed by atoms with van der Waals surface area (Å²) in [7, 11) is 2.50. The number of nitrogens with zero attached hydrogens (tertiary/aromatic N) is 2. The van der Waals surface area contributed by atoms with Crippen LogP contribution >= 0.6 is 11.6 Å². The van der Waals surface area contributed by atoms with E-state index in [1.807, 2.05) is 0 Å². The number of hydrogen-bond acceptors (Lipinski definition) is 3. The molecule has 0 saturated carbocycles. The van der Waals surface area contributed by atoms with E-state index in [0.717, 1.165) is 7.05 Å². The van der Waals surface area contributed by atoms with Gasteiger partial charge in [-0.2, -0.15) is 18.3 Å². The Bertz CT molecular complexity index is 713. The van der Waals surface area contributed by atoms with Crippen LogP contribution in [-0.2, 0) is 13.2 Å². The van der Waals surface area contributed by atoms with Gasteiger partial charge in [-0.15, -0.1) is 0 Å². The third-order valence-corrected chi connectivity index (χ3v) is 3.05. The lowest BCUT2D eigenvalue weighted by Crippen LogP contribution is -2.13. The highest BCUT2D eigenvalue weighted by Crippen LogP contribution is 2.30. The van der Waals surface area contributed by atoms with Gasteiger partial charge in [0.2, 0.25) is 0 Å². The fraction of sp³-hybridized carbons (Fsp3) is 0.231. The molecular formula is C13H11ClF3N3O2. The van der Waals surface area contributed by atoms with Crippen molar-refractivity contribution in [1.29, 1.82) is 0 Å². The third kappa shape index (κ3) is 3.33. The molecule has 2 aromatic rings. The standard InChI is InChI=1S/C13H11ClF3N3O2/c1-20-11(13(15,16)17)6-9(19-20)12(21)18-8-5-7(14)3-4-10(8)22-2/h3-6H,1-2H3,(H,18,21). The topological polar surface area (TPSA) is 56.1 Å². The van der Waals surface area contributed by atoms with Crippen LogP contribution in [0.5, 0.6) is 5.75 Å². The number of halogens is 4. The summed E-state index contributed by atoms with van der Waals surface area (Å²) in [6.07, 6.45) is -4.59. The Hall–Kier alpha value is -2.22. The minimum Gasteiger partial charge on any atom is -0.495 e. The molecule has 1 aromatic heterocycles. The van der Waals surface area contributed by atoms with Crippen LogP contribution in [0.25, 0.3) is 0 Å². The largest absolute Gasteiger partial charge is 0.495 e. The van der Waals surface area contributed by atoms with Crippen LogP contribution in [0.15, 0.2) is 24.3 Å². The highest BCUT2D eigenvalue weighted by molar-refractivity contribution is 6.31. The molecule has 5 nitrogen and oxygen atoms in total. The second kappa shape index (κ2) is 5.88. The molecule has 0 atom stereocenters. The number of anilines is 1. The molecule has 1 heterocycles. The van der Waals surface area contributed by atoms with E-state index in [1.54, 1.807) is 6.07 Å². The number of amides is 1. The number of rotatable bonds is 3. The average molecular weight is 334 g/mol. The van der Waals surface area contributed by atoms with E-state index >= 15 is 0 Å². The molecule has 0 aliphatic rings. The van der Waals surface area contributed by atoms with Crippen molar-refractivity contribution in [2.24, 2.45) is 7.05 Å². The SMILES string of the molecule is COc1ccc(Cl)cc1NC(=O)c1cc(C(F)(F)F)n(C)n1. The van der Waals surface area contributed by atoms with Crippen LogP contribution in [0.3, 0.4) is 0 Å². The van der Waals surface area contributed by atoms with Gasteiger partial charge in [0.25, 0.3) is 5.91 Å². The Morgan fingerprint density at radius 1 is 1.36 bits per heavy atom. The molecule has 9 heteroatoms. The van der Waals surface area contributed by atoms with Crippen molar-refractivity contribution >= 4 is 23.2 Å². The minimum absolute atomic E-state index is 0.235. The normalized spacial score (nSPS) is 11.4. The van der Waals surface area contributed by atoms with Gasteiger partial charge in [0.1, 0.15) is 11.4 Å². The number of carbonyl (C=O) groups excluding carboxylic acids is 1. The maximum Gasteiger partial charge on any atom is 0.433 e. The summed E-state index contributed by atoms with van der Waals surface area (Å²) in [5, 5.41) is 6.32. The Balaban J connectivity index is 2.29. The zero-order valence-corrected chi connectivity index (χ0v) is 12.3. The van der Waals surface area contributed by atoms with Gasteiger partial charge < -0.3 is 10.1 Å². The number of aromatic nitrogens is 2. The first kappa shape index (κ1) is 16.2. The molecule has 2 rings (SSSR count). The number of ether oxygens (including phenoxy) is 1. The van der Waals surface area contributed by atoms with Crippen molar-refractivity contribution in [2.75, 3.05) is 12.4 Å². The van der Waals surface area contributed by atoms with Gasteiger partial charge in [-0.3, -0.25) is 9.48 Å². The molecule has 1 N–H and O–H groups in total. The molecule has 1 aromatic carbocycles. The van der Waals surface area contributed by atoms with Crippen molar-refractivity contribution < 1.29 is 22.7 Å². The van der Waals surface area contributed by atoms with Gasteiger partial charge in [0.15, 0.2) is 5.69 Å². The summed E-state index contributed by atoms with van der Waals surface area (Å²) in [5.41, 5.74) is -1.15. The summed E-state index contributed by atoms with van der Waals surface area (Å²) in [5.74, 6) is -0.476. The molecule has 22 heavy (non-hydrogen) atoms. The predicted octanol–water partition coefficient (Wildman–Crippen LogP) is 3.35. The van der Waals surface area contributed by atoms with Crippen LogP contribution in [0.4, 0.5) is 18.9 Å². The summed E-state index contributed by atoms with van der Waals surface area (Å²) in [6, 6.07) is 5.17. The maximum atomic E-state index is 12.7. The van der Waals surface area contributed by atoms with E-state index in [4.69, 9.17) is 16.3 Å². The van der Waals surface area contributed by atoms with Crippen molar-refractivity contribution in [2.45, 2.75) is 6.18 Å². The van der Waals surface area contributed by atoms with Crippen LogP contribution < -0.4 is 10.1 Å². The molecular weight excluding hydrogens is 323 g/mol. The van der Waals surface area contributed by atoms with Crippen molar-refractivity contribution in [3.05, 3.63) is 40.7 Å². The Morgan fingerprint density at radius 2 is 2.05 bits per heavy atom. The molecule has 0 saturated heterocycles. The number of methoxy groups -OCH3 is 1. The second-order valence-electron chi connectivity index (χ2n) is 4.33. The van der Waals surface area contributed by atoms with Gasteiger partial charge in [0, 0.05) is 18.1 Å². The van der Waals surface area contributed by atoms with Gasteiger partial charge >= 0.3 is 6.18 Å². The Labute approximate surface area is 128 Å². The van der Waals surface area contributed by atoms with Crippen molar-refractivity contribution in [1.82, 2.24) is 9.78 Å². The molecule has 0 spiro atoms. The second-order valence-corrected chi connectivity index (χ2v) is 4.77. The van der Waals surface area contributed by atoms with Crippen molar-refractivity contribution in [3.8, 4) is 5.75 Å². The van der Waals surface area contributed by atoms with E-state index in [1.165, 1.54) is 19.2 Å². The van der Waals surface area contributed by atoms with E-state index in [2.05, 4.69) is 10.4 Å². The maximum absolute atomic E-state index is 12.7. The first-order valence-electron chi connectivity index (χ1n) is 5.98. The van der Waals surface area contributed by atoms with Crippen LogP contribution in [0, 0.1) is 0 Å². The van der Waals surface area contributed by atoms with Gasteiger partial charge in [-0.25, -0.2) is 0 Å². The molecule has 1 amide bonds. The number of benzene rings is 1. The number of carbonyl (C=O) groups is 1. The summed E-state index contributed by atoms with van der Waals surface area (Å²) in [6.45, 7) is 0. The van der Waals surface area contributed by atoms with E-state index in [9.17, 15) is 18.0 Å². The predicted molar refractivity (Wildman–Crippen MR) is 74.2 cm³/mol. The fourth-order valence-corrected chi connectivity index (χ4v) is 1.98.